The van der Waals surface area contributed by atoms with Gasteiger partial charge >= 0.3 is 0 Å². The fourth-order valence-corrected chi connectivity index (χ4v) is 5.35. The molecule has 0 bridgehead atoms. The number of piperidine rings is 1. The van der Waals surface area contributed by atoms with Gasteiger partial charge in [-0.2, -0.15) is 0 Å². The Morgan fingerprint density at radius 3 is 2.54 bits per heavy atom. The summed E-state index contributed by atoms with van der Waals surface area (Å²) in [5, 5.41) is 4.25. The summed E-state index contributed by atoms with van der Waals surface area (Å²) in [5.41, 5.74) is 3.97. The molecule has 3 aromatic heterocycles. The number of aromatic amines is 1. The van der Waals surface area contributed by atoms with Crippen LogP contribution in [0.5, 0.6) is 0 Å². The minimum atomic E-state index is 0.0696. The van der Waals surface area contributed by atoms with Gasteiger partial charge in [-0.25, -0.2) is 9.97 Å². The van der Waals surface area contributed by atoms with Crippen LogP contribution in [-0.4, -0.2) is 92.9 Å². The van der Waals surface area contributed by atoms with Crippen molar-refractivity contribution in [2.24, 2.45) is 0 Å². The normalized spacial score (nSPS) is 17.8. The van der Waals surface area contributed by atoms with Gasteiger partial charge in [0.2, 0.25) is 5.95 Å². The molecule has 2 saturated heterocycles. The summed E-state index contributed by atoms with van der Waals surface area (Å²) in [7, 11) is 2.20. The molecular weight excluding hydrogens is 464 g/mol. The fraction of sp³-hybridized carbons (Fsp3) is 0.357. The number of rotatable bonds is 5. The molecule has 190 valence electrons. The molecule has 5 heterocycles. The Hall–Kier alpha value is -3.82. The predicted molar refractivity (Wildman–Crippen MR) is 145 cm³/mol. The maximum absolute atomic E-state index is 13.3. The lowest BCUT2D eigenvalue weighted by molar-refractivity contribution is 0.0471. The summed E-state index contributed by atoms with van der Waals surface area (Å²) in [6, 6.07) is 16.1. The molecule has 2 N–H and O–H groups in total. The van der Waals surface area contributed by atoms with Gasteiger partial charge in [0.25, 0.3) is 5.91 Å². The van der Waals surface area contributed by atoms with E-state index >= 15 is 0 Å². The molecule has 0 saturated carbocycles. The van der Waals surface area contributed by atoms with Crippen LogP contribution >= 0.6 is 0 Å². The number of likely N-dealkylation sites (tertiary alicyclic amines) is 1. The lowest BCUT2D eigenvalue weighted by Crippen LogP contribution is -2.54. The number of carbonyl (C=O) groups excluding carboxylic acids is 1. The second kappa shape index (κ2) is 10.3. The summed E-state index contributed by atoms with van der Waals surface area (Å²) in [4.78, 5) is 36.9. The van der Waals surface area contributed by atoms with E-state index in [0.29, 0.717) is 17.7 Å². The second-order valence-corrected chi connectivity index (χ2v) is 9.95. The van der Waals surface area contributed by atoms with Crippen molar-refractivity contribution < 1.29 is 4.79 Å². The van der Waals surface area contributed by atoms with Crippen LogP contribution in [0.25, 0.3) is 22.3 Å². The third-order valence-electron chi connectivity index (χ3n) is 7.50. The second-order valence-electron chi connectivity index (χ2n) is 9.95. The van der Waals surface area contributed by atoms with E-state index in [4.69, 9.17) is 0 Å². The zero-order chi connectivity index (χ0) is 25.2. The highest BCUT2D eigenvalue weighted by Crippen LogP contribution is 2.24. The van der Waals surface area contributed by atoms with Crippen LogP contribution in [0.1, 0.15) is 23.3 Å². The van der Waals surface area contributed by atoms with E-state index in [-0.39, 0.29) is 5.91 Å². The van der Waals surface area contributed by atoms with Crippen LogP contribution in [0.3, 0.4) is 0 Å². The van der Waals surface area contributed by atoms with Gasteiger partial charge in [0.1, 0.15) is 5.69 Å². The number of benzene rings is 1. The molecule has 0 atom stereocenters. The Morgan fingerprint density at radius 1 is 0.919 bits per heavy atom. The van der Waals surface area contributed by atoms with E-state index in [0.717, 1.165) is 67.2 Å². The van der Waals surface area contributed by atoms with E-state index in [1.807, 2.05) is 53.4 Å². The van der Waals surface area contributed by atoms with Crippen molar-refractivity contribution in [3.05, 3.63) is 66.6 Å². The lowest BCUT2D eigenvalue weighted by Gasteiger charge is -2.42. The van der Waals surface area contributed by atoms with Gasteiger partial charge in [0.15, 0.2) is 0 Å². The van der Waals surface area contributed by atoms with Gasteiger partial charge in [0, 0.05) is 61.2 Å². The minimum absolute atomic E-state index is 0.0696. The first-order chi connectivity index (χ1) is 18.1. The van der Waals surface area contributed by atoms with Crippen LogP contribution < -0.4 is 5.32 Å². The zero-order valence-electron chi connectivity index (χ0n) is 21.1. The monoisotopic (exact) mass is 496 g/mol. The number of nitrogens with zero attached hydrogens (tertiary/aromatic N) is 6. The molecule has 0 unspecified atom stereocenters. The van der Waals surface area contributed by atoms with Crippen LogP contribution in [-0.2, 0) is 0 Å². The molecule has 0 spiro atoms. The largest absolute Gasteiger partial charge is 0.351 e. The smallest absolute Gasteiger partial charge is 0.270 e. The summed E-state index contributed by atoms with van der Waals surface area (Å²) >= 11 is 0. The number of piperazine rings is 1. The summed E-state index contributed by atoms with van der Waals surface area (Å²) in [5.74, 6) is 0.567. The Labute approximate surface area is 216 Å². The van der Waals surface area contributed by atoms with Gasteiger partial charge in [-0.15, -0.1) is 0 Å². The maximum Gasteiger partial charge on any atom is 0.270 e. The van der Waals surface area contributed by atoms with Gasteiger partial charge in [-0.3, -0.25) is 14.7 Å². The third-order valence-corrected chi connectivity index (χ3v) is 7.50. The molecule has 2 aliphatic heterocycles. The molecule has 0 aliphatic carbocycles. The van der Waals surface area contributed by atoms with Crippen molar-refractivity contribution >= 4 is 28.4 Å². The van der Waals surface area contributed by atoms with Gasteiger partial charge in [-0.1, -0.05) is 6.07 Å². The standard InChI is InChI=1S/C28H32N8O/c1-34-12-8-22(9-13-34)35-14-16-36(17-15-35)27(37)26-19-20-18-21(5-6-23(20)32-26)31-28-30-11-7-25(33-28)24-4-2-3-10-29-24/h2-7,10-11,18-19,22,32H,8-9,12-17H2,1H3,(H,30,31,33). The fourth-order valence-electron chi connectivity index (χ4n) is 5.35. The Morgan fingerprint density at radius 2 is 1.76 bits per heavy atom. The van der Waals surface area contributed by atoms with Crippen molar-refractivity contribution in [3.8, 4) is 11.4 Å². The van der Waals surface area contributed by atoms with Crippen LogP contribution in [0.2, 0.25) is 0 Å². The molecule has 4 aromatic rings. The minimum Gasteiger partial charge on any atom is -0.351 e. The van der Waals surface area contributed by atoms with E-state index in [1.165, 1.54) is 12.8 Å². The average Bonchev–Trinajstić information content (AvgIpc) is 3.37. The van der Waals surface area contributed by atoms with Crippen LogP contribution in [0.15, 0.2) is 60.9 Å². The maximum atomic E-state index is 13.3. The van der Waals surface area contributed by atoms with Gasteiger partial charge in [0.05, 0.1) is 11.4 Å². The average molecular weight is 497 g/mol. The highest BCUT2D eigenvalue weighted by molar-refractivity contribution is 5.98. The van der Waals surface area contributed by atoms with E-state index in [1.54, 1.807) is 12.4 Å². The van der Waals surface area contributed by atoms with E-state index in [2.05, 4.69) is 42.1 Å². The number of H-pyrrole nitrogens is 1. The van der Waals surface area contributed by atoms with Crippen molar-refractivity contribution in [2.45, 2.75) is 18.9 Å². The Bertz CT molecular complexity index is 1370. The summed E-state index contributed by atoms with van der Waals surface area (Å²) < 4.78 is 0. The molecular formula is C28H32N8O. The van der Waals surface area contributed by atoms with Crippen molar-refractivity contribution in [3.63, 3.8) is 0 Å². The molecule has 9 heteroatoms. The van der Waals surface area contributed by atoms with E-state index in [9.17, 15) is 4.79 Å². The highest BCUT2D eigenvalue weighted by Gasteiger charge is 2.29. The Balaban J connectivity index is 1.11. The molecule has 2 fully saturated rings. The lowest BCUT2D eigenvalue weighted by atomic mass is 10.0. The number of aromatic nitrogens is 4. The molecule has 0 radical (unpaired) electrons. The number of carbonyl (C=O) groups is 1. The SMILES string of the molecule is CN1CCC(N2CCN(C(=O)c3cc4cc(Nc5nccc(-c6ccccn6)n5)ccc4[nH]3)CC2)CC1. The quantitative estimate of drug-likeness (QED) is 0.436. The van der Waals surface area contributed by atoms with E-state index < -0.39 is 0 Å². The number of nitrogens with one attached hydrogen (secondary N) is 2. The van der Waals surface area contributed by atoms with Gasteiger partial charge in [-0.05, 0) is 75.4 Å². The Kier molecular flexibility index (Phi) is 6.55. The van der Waals surface area contributed by atoms with Crippen molar-refractivity contribution in [1.29, 1.82) is 0 Å². The molecule has 37 heavy (non-hydrogen) atoms. The number of anilines is 2. The van der Waals surface area contributed by atoms with Gasteiger partial charge < -0.3 is 20.1 Å². The topological polar surface area (TPSA) is 93.3 Å². The van der Waals surface area contributed by atoms with Crippen molar-refractivity contribution in [1.82, 2.24) is 34.6 Å². The van der Waals surface area contributed by atoms with Crippen molar-refractivity contribution in [2.75, 3.05) is 51.6 Å². The van der Waals surface area contributed by atoms with Crippen LogP contribution in [0, 0.1) is 0 Å². The number of fused-ring (bicyclic) bond motifs is 1. The summed E-state index contributed by atoms with van der Waals surface area (Å²) in [6.45, 7) is 5.78. The number of hydrogen-bond acceptors (Lipinski definition) is 7. The number of hydrogen-bond donors (Lipinski definition) is 2. The molecule has 1 amide bonds. The first kappa shape index (κ1) is 23.6. The number of pyridine rings is 1. The summed E-state index contributed by atoms with van der Waals surface area (Å²) in [6.07, 6.45) is 5.92. The highest BCUT2D eigenvalue weighted by atomic mass is 16.2. The molecule has 1 aromatic carbocycles. The molecule has 9 nitrogen and oxygen atoms in total. The predicted octanol–water partition coefficient (Wildman–Crippen LogP) is 3.62. The number of amides is 1. The molecule has 6 rings (SSSR count). The third kappa shape index (κ3) is 5.19. The zero-order valence-corrected chi connectivity index (χ0v) is 21.1. The molecule has 2 aliphatic rings. The first-order valence-corrected chi connectivity index (χ1v) is 13.0. The first-order valence-electron chi connectivity index (χ1n) is 13.0. The van der Waals surface area contributed by atoms with Crippen LogP contribution in [0.4, 0.5) is 11.6 Å².